The van der Waals surface area contributed by atoms with Crippen LogP contribution in [0.1, 0.15) is 26.3 Å². The lowest BCUT2D eigenvalue weighted by Gasteiger charge is -2.19. The van der Waals surface area contributed by atoms with Crippen molar-refractivity contribution in [2.45, 2.75) is 39.3 Å². The van der Waals surface area contributed by atoms with Crippen molar-refractivity contribution in [3.8, 4) is 0 Å². The Morgan fingerprint density at radius 2 is 1.94 bits per heavy atom. The van der Waals surface area contributed by atoms with Crippen LogP contribution in [-0.4, -0.2) is 18.0 Å². The first kappa shape index (κ1) is 14.6. The maximum atomic E-state index is 13.4. The molecule has 0 aliphatic heterocycles. The van der Waals surface area contributed by atoms with Crippen molar-refractivity contribution in [3.05, 3.63) is 35.6 Å². The van der Waals surface area contributed by atoms with E-state index in [-0.39, 0.29) is 23.7 Å². The van der Waals surface area contributed by atoms with Crippen molar-refractivity contribution in [2.75, 3.05) is 0 Å². The van der Waals surface area contributed by atoms with E-state index in [1.807, 2.05) is 20.8 Å². The molecule has 0 aliphatic carbocycles. The minimum atomic E-state index is -0.520. The second-order valence-corrected chi connectivity index (χ2v) is 4.97. The molecule has 18 heavy (non-hydrogen) atoms. The number of rotatable bonds is 5. The average molecular weight is 252 g/mol. The molecule has 0 heterocycles. The van der Waals surface area contributed by atoms with Crippen molar-refractivity contribution >= 4 is 5.91 Å². The van der Waals surface area contributed by atoms with Gasteiger partial charge in [-0.2, -0.15) is 0 Å². The van der Waals surface area contributed by atoms with E-state index >= 15 is 0 Å². The molecular formula is C14H21FN2O. The minimum absolute atomic E-state index is 0.0886. The van der Waals surface area contributed by atoms with Crippen LogP contribution in [0.5, 0.6) is 0 Å². The molecule has 1 aromatic rings. The molecule has 100 valence electrons. The maximum absolute atomic E-state index is 13.4. The van der Waals surface area contributed by atoms with Crippen LogP contribution in [0.2, 0.25) is 0 Å². The summed E-state index contributed by atoms with van der Waals surface area (Å²) in [6.45, 7) is 5.63. The zero-order valence-electron chi connectivity index (χ0n) is 11.1. The highest BCUT2D eigenvalue weighted by Gasteiger charge is 2.19. The van der Waals surface area contributed by atoms with Gasteiger partial charge in [-0.1, -0.05) is 32.0 Å². The summed E-state index contributed by atoms with van der Waals surface area (Å²) in [5.41, 5.74) is 6.35. The number of halogens is 1. The lowest BCUT2D eigenvalue weighted by atomic mass is 10.0. The minimum Gasteiger partial charge on any atom is -0.352 e. The number of benzene rings is 1. The molecule has 1 amide bonds. The zero-order valence-corrected chi connectivity index (χ0v) is 11.1. The standard InChI is InChI=1S/C14H21FN2O/c1-9(2)13(16)14(18)17-10(3)8-11-6-4-5-7-12(11)15/h4-7,9-10,13H,8,16H2,1-3H3,(H,17,18)/t10?,13-/m0/s1. The van der Waals surface area contributed by atoms with Crippen molar-refractivity contribution in [2.24, 2.45) is 11.7 Å². The molecule has 3 N–H and O–H groups in total. The van der Waals surface area contributed by atoms with Crippen molar-refractivity contribution in [1.82, 2.24) is 5.32 Å². The normalized spacial score (nSPS) is 14.3. The van der Waals surface area contributed by atoms with E-state index in [1.54, 1.807) is 18.2 Å². The Labute approximate surface area is 108 Å². The fourth-order valence-electron chi connectivity index (χ4n) is 1.69. The van der Waals surface area contributed by atoms with Crippen LogP contribution in [0.25, 0.3) is 0 Å². The summed E-state index contributed by atoms with van der Waals surface area (Å²) in [6, 6.07) is 5.92. The summed E-state index contributed by atoms with van der Waals surface area (Å²) < 4.78 is 13.4. The van der Waals surface area contributed by atoms with Gasteiger partial charge < -0.3 is 11.1 Å². The molecule has 4 heteroatoms. The SMILES string of the molecule is CC(Cc1ccccc1F)NC(=O)[C@@H](N)C(C)C. The third kappa shape index (κ3) is 4.11. The fraction of sp³-hybridized carbons (Fsp3) is 0.500. The summed E-state index contributed by atoms with van der Waals surface area (Å²) in [5.74, 6) is -0.341. The number of carbonyl (C=O) groups excluding carboxylic acids is 1. The fourth-order valence-corrected chi connectivity index (χ4v) is 1.69. The zero-order chi connectivity index (χ0) is 13.7. The van der Waals surface area contributed by atoms with Crippen LogP contribution in [0.15, 0.2) is 24.3 Å². The summed E-state index contributed by atoms with van der Waals surface area (Å²) in [7, 11) is 0. The Morgan fingerprint density at radius 3 is 2.50 bits per heavy atom. The van der Waals surface area contributed by atoms with Crippen LogP contribution in [-0.2, 0) is 11.2 Å². The molecule has 0 aliphatic rings. The number of hydrogen-bond donors (Lipinski definition) is 2. The van der Waals surface area contributed by atoms with E-state index in [0.717, 1.165) is 0 Å². The van der Waals surface area contributed by atoms with Crippen molar-refractivity contribution in [3.63, 3.8) is 0 Å². The summed E-state index contributed by atoms with van der Waals surface area (Å²) >= 11 is 0. The van der Waals surface area contributed by atoms with Gasteiger partial charge in [0.1, 0.15) is 5.82 Å². The largest absolute Gasteiger partial charge is 0.352 e. The van der Waals surface area contributed by atoms with E-state index in [2.05, 4.69) is 5.32 Å². The summed E-state index contributed by atoms with van der Waals surface area (Å²) in [6.07, 6.45) is 0.462. The summed E-state index contributed by atoms with van der Waals surface area (Å²) in [5, 5.41) is 2.81. The van der Waals surface area contributed by atoms with Crippen molar-refractivity contribution in [1.29, 1.82) is 0 Å². The second kappa shape index (κ2) is 6.50. The van der Waals surface area contributed by atoms with Crippen LogP contribution in [0.3, 0.4) is 0 Å². The molecule has 2 atom stereocenters. The van der Waals surface area contributed by atoms with Gasteiger partial charge in [0.15, 0.2) is 0 Å². The van der Waals surface area contributed by atoms with Crippen LogP contribution >= 0.6 is 0 Å². The molecule has 0 spiro atoms. The second-order valence-electron chi connectivity index (χ2n) is 4.97. The van der Waals surface area contributed by atoms with Gasteiger partial charge in [0.25, 0.3) is 0 Å². The third-order valence-electron chi connectivity index (χ3n) is 2.89. The van der Waals surface area contributed by atoms with Crippen LogP contribution in [0, 0.1) is 11.7 Å². The van der Waals surface area contributed by atoms with E-state index in [4.69, 9.17) is 5.73 Å². The summed E-state index contributed by atoms with van der Waals surface area (Å²) in [4.78, 5) is 11.7. The smallest absolute Gasteiger partial charge is 0.237 e. The van der Waals surface area contributed by atoms with Gasteiger partial charge >= 0.3 is 0 Å². The predicted octanol–water partition coefficient (Wildman–Crippen LogP) is 1.86. The molecule has 0 aromatic heterocycles. The number of amides is 1. The number of carbonyl (C=O) groups is 1. The molecule has 0 radical (unpaired) electrons. The van der Waals surface area contributed by atoms with E-state index in [0.29, 0.717) is 12.0 Å². The number of hydrogen-bond acceptors (Lipinski definition) is 2. The van der Waals surface area contributed by atoms with Gasteiger partial charge in [0.05, 0.1) is 6.04 Å². The number of nitrogens with two attached hydrogens (primary N) is 1. The first-order valence-corrected chi connectivity index (χ1v) is 6.21. The van der Waals surface area contributed by atoms with Crippen LogP contribution < -0.4 is 11.1 Å². The topological polar surface area (TPSA) is 55.1 Å². The van der Waals surface area contributed by atoms with Crippen LogP contribution in [0.4, 0.5) is 4.39 Å². The Balaban J connectivity index is 2.55. The monoisotopic (exact) mass is 252 g/mol. The van der Waals surface area contributed by atoms with Gasteiger partial charge in [0, 0.05) is 6.04 Å². The Bertz CT molecular complexity index is 407. The Morgan fingerprint density at radius 1 is 1.33 bits per heavy atom. The molecule has 3 nitrogen and oxygen atoms in total. The van der Waals surface area contributed by atoms with Gasteiger partial charge in [-0.3, -0.25) is 4.79 Å². The average Bonchev–Trinajstić information content (AvgIpc) is 2.30. The Kier molecular flexibility index (Phi) is 5.28. The molecule has 0 bridgehead atoms. The maximum Gasteiger partial charge on any atom is 0.237 e. The molecule has 1 unspecified atom stereocenters. The molecule has 1 rings (SSSR count). The van der Waals surface area contributed by atoms with E-state index in [9.17, 15) is 9.18 Å². The highest BCUT2D eigenvalue weighted by atomic mass is 19.1. The van der Waals surface area contributed by atoms with E-state index in [1.165, 1.54) is 6.07 Å². The first-order chi connectivity index (χ1) is 8.41. The molecule has 1 aromatic carbocycles. The molecule has 0 saturated carbocycles. The molecule has 0 fully saturated rings. The third-order valence-corrected chi connectivity index (χ3v) is 2.89. The van der Waals surface area contributed by atoms with Gasteiger partial charge in [-0.25, -0.2) is 4.39 Å². The highest BCUT2D eigenvalue weighted by molar-refractivity contribution is 5.82. The van der Waals surface area contributed by atoms with Gasteiger partial charge in [-0.05, 0) is 30.9 Å². The first-order valence-electron chi connectivity index (χ1n) is 6.21. The van der Waals surface area contributed by atoms with Crippen molar-refractivity contribution < 1.29 is 9.18 Å². The van der Waals surface area contributed by atoms with Gasteiger partial charge in [0.2, 0.25) is 5.91 Å². The lowest BCUT2D eigenvalue weighted by Crippen LogP contribution is -2.47. The lowest BCUT2D eigenvalue weighted by molar-refractivity contribution is -0.123. The predicted molar refractivity (Wildman–Crippen MR) is 70.5 cm³/mol. The van der Waals surface area contributed by atoms with E-state index < -0.39 is 6.04 Å². The molecular weight excluding hydrogens is 231 g/mol. The quantitative estimate of drug-likeness (QED) is 0.840. The van der Waals surface area contributed by atoms with Gasteiger partial charge in [-0.15, -0.1) is 0 Å². The number of nitrogens with one attached hydrogen (secondary N) is 1. The highest BCUT2D eigenvalue weighted by Crippen LogP contribution is 2.09. The molecule has 0 saturated heterocycles. The Hall–Kier alpha value is -1.42.